The molecule has 0 amide bonds. The summed E-state index contributed by atoms with van der Waals surface area (Å²) in [5.41, 5.74) is 10.2. The second-order valence-corrected chi connectivity index (χ2v) is 5.96. The molecule has 0 spiro atoms. The van der Waals surface area contributed by atoms with Crippen molar-refractivity contribution in [1.29, 1.82) is 0 Å². The molecule has 1 aromatic rings. The van der Waals surface area contributed by atoms with Crippen molar-refractivity contribution >= 4 is 5.69 Å². The summed E-state index contributed by atoms with van der Waals surface area (Å²) < 4.78 is 5.47. The molecule has 0 aromatic heterocycles. The predicted molar refractivity (Wildman–Crippen MR) is 85.4 cm³/mol. The van der Waals surface area contributed by atoms with Crippen molar-refractivity contribution < 1.29 is 4.74 Å². The Balaban J connectivity index is 2.20. The van der Waals surface area contributed by atoms with E-state index in [4.69, 9.17) is 10.5 Å². The van der Waals surface area contributed by atoms with Crippen LogP contribution < -0.4 is 10.6 Å². The molecule has 1 atom stereocenters. The van der Waals surface area contributed by atoms with Gasteiger partial charge in [0, 0.05) is 38.0 Å². The molecule has 112 valence electrons. The molecule has 1 heterocycles. The maximum Gasteiger partial charge on any atom is 0.0485 e. The molecule has 1 aliphatic heterocycles. The molecule has 2 rings (SSSR count). The standard InChI is InChI=1S/C17H28N2O/c1-4-15(18)12-14-11-13(2)5-6-17(14)19(3)16-7-9-20-10-8-16/h5-6,11,15-16H,4,7-10,12,18H2,1-3H3. The molecule has 1 fully saturated rings. The summed E-state index contributed by atoms with van der Waals surface area (Å²) in [4.78, 5) is 2.43. The van der Waals surface area contributed by atoms with E-state index in [-0.39, 0.29) is 6.04 Å². The minimum absolute atomic E-state index is 0.249. The van der Waals surface area contributed by atoms with Gasteiger partial charge in [0.15, 0.2) is 0 Å². The topological polar surface area (TPSA) is 38.5 Å². The van der Waals surface area contributed by atoms with Crippen LogP contribution in [0, 0.1) is 6.92 Å². The molecule has 2 N–H and O–H groups in total. The third-order valence-electron chi connectivity index (χ3n) is 4.36. The molecule has 1 unspecified atom stereocenters. The minimum Gasteiger partial charge on any atom is -0.381 e. The molecule has 0 saturated carbocycles. The Morgan fingerprint density at radius 1 is 1.35 bits per heavy atom. The molecule has 0 bridgehead atoms. The second-order valence-electron chi connectivity index (χ2n) is 5.96. The van der Waals surface area contributed by atoms with Crippen molar-refractivity contribution in [2.24, 2.45) is 5.73 Å². The molecule has 3 heteroatoms. The lowest BCUT2D eigenvalue weighted by atomic mass is 9.98. The van der Waals surface area contributed by atoms with Gasteiger partial charge in [-0.05, 0) is 44.2 Å². The normalized spacial score (nSPS) is 18.0. The summed E-state index contributed by atoms with van der Waals surface area (Å²) in [6.07, 6.45) is 4.21. The van der Waals surface area contributed by atoms with Crippen LogP contribution in [0.25, 0.3) is 0 Å². The van der Waals surface area contributed by atoms with Gasteiger partial charge >= 0.3 is 0 Å². The quantitative estimate of drug-likeness (QED) is 0.898. The van der Waals surface area contributed by atoms with Crippen molar-refractivity contribution in [1.82, 2.24) is 0 Å². The van der Waals surface area contributed by atoms with E-state index < -0.39 is 0 Å². The first-order valence-corrected chi connectivity index (χ1v) is 7.77. The number of hydrogen-bond donors (Lipinski definition) is 1. The molecule has 0 aliphatic carbocycles. The number of hydrogen-bond acceptors (Lipinski definition) is 3. The van der Waals surface area contributed by atoms with Crippen molar-refractivity contribution in [2.45, 2.75) is 51.6 Å². The van der Waals surface area contributed by atoms with E-state index in [1.807, 2.05) is 0 Å². The van der Waals surface area contributed by atoms with Gasteiger partial charge in [-0.25, -0.2) is 0 Å². The summed E-state index contributed by atoms with van der Waals surface area (Å²) in [7, 11) is 2.21. The Hall–Kier alpha value is -1.06. The number of nitrogens with two attached hydrogens (primary N) is 1. The first-order valence-electron chi connectivity index (χ1n) is 7.77. The number of benzene rings is 1. The Bertz CT molecular complexity index is 427. The van der Waals surface area contributed by atoms with Crippen molar-refractivity contribution in [3.05, 3.63) is 29.3 Å². The Kier molecular flexibility index (Phi) is 5.44. The number of anilines is 1. The first kappa shape index (κ1) is 15.3. The van der Waals surface area contributed by atoms with Gasteiger partial charge < -0.3 is 15.4 Å². The highest BCUT2D eigenvalue weighted by molar-refractivity contribution is 5.55. The summed E-state index contributed by atoms with van der Waals surface area (Å²) in [5, 5.41) is 0. The monoisotopic (exact) mass is 276 g/mol. The summed E-state index contributed by atoms with van der Waals surface area (Å²) in [5.74, 6) is 0. The smallest absolute Gasteiger partial charge is 0.0485 e. The van der Waals surface area contributed by atoms with Gasteiger partial charge in [-0.3, -0.25) is 0 Å². The van der Waals surface area contributed by atoms with Gasteiger partial charge in [0.2, 0.25) is 0 Å². The molecule has 20 heavy (non-hydrogen) atoms. The van der Waals surface area contributed by atoms with Crippen molar-refractivity contribution in [3.8, 4) is 0 Å². The summed E-state index contributed by atoms with van der Waals surface area (Å²) in [6.45, 7) is 6.07. The Morgan fingerprint density at radius 2 is 2.05 bits per heavy atom. The van der Waals surface area contributed by atoms with Gasteiger partial charge in [0.1, 0.15) is 0 Å². The van der Waals surface area contributed by atoms with Crippen LogP contribution in [-0.2, 0) is 11.2 Å². The fraction of sp³-hybridized carbons (Fsp3) is 0.647. The molecular formula is C17H28N2O. The van der Waals surface area contributed by atoms with Gasteiger partial charge in [-0.2, -0.15) is 0 Å². The van der Waals surface area contributed by atoms with Crippen LogP contribution in [-0.4, -0.2) is 32.3 Å². The molecule has 3 nitrogen and oxygen atoms in total. The number of ether oxygens (including phenoxy) is 1. The third kappa shape index (κ3) is 3.74. The Labute approximate surface area is 123 Å². The largest absolute Gasteiger partial charge is 0.381 e. The zero-order valence-electron chi connectivity index (χ0n) is 13.1. The highest BCUT2D eigenvalue weighted by atomic mass is 16.5. The van der Waals surface area contributed by atoms with E-state index in [1.54, 1.807) is 0 Å². The molecule has 1 aromatic carbocycles. The van der Waals surface area contributed by atoms with E-state index >= 15 is 0 Å². The fourth-order valence-electron chi connectivity index (χ4n) is 2.92. The average molecular weight is 276 g/mol. The van der Waals surface area contributed by atoms with E-state index in [1.165, 1.54) is 16.8 Å². The van der Waals surface area contributed by atoms with E-state index in [9.17, 15) is 0 Å². The summed E-state index contributed by atoms with van der Waals surface area (Å²) in [6, 6.07) is 7.58. The molecule has 0 radical (unpaired) electrons. The van der Waals surface area contributed by atoms with E-state index in [2.05, 4.69) is 44.0 Å². The predicted octanol–water partition coefficient (Wildman–Crippen LogP) is 2.89. The molecule has 1 saturated heterocycles. The number of aryl methyl sites for hydroxylation is 1. The molecule has 1 aliphatic rings. The molecular weight excluding hydrogens is 248 g/mol. The van der Waals surface area contributed by atoms with Gasteiger partial charge in [0.25, 0.3) is 0 Å². The fourth-order valence-corrected chi connectivity index (χ4v) is 2.92. The first-order chi connectivity index (χ1) is 9.61. The number of rotatable bonds is 5. The van der Waals surface area contributed by atoms with E-state index in [0.29, 0.717) is 6.04 Å². The van der Waals surface area contributed by atoms with Crippen LogP contribution in [0.5, 0.6) is 0 Å². The maximum atomic E-state index is 6.16. The third-order valence-corrected chi connectivity index (χ3v) is 4.36. The van der Waals surface area contributed by atoms with Crippen LogP contribution in [0.4, 0.5) is 5.69 Å². The lowest BCUT2D eigenvalue weighted by Crippen LogP contribution is -2.37. The summed E-state index contributed by atoms with van der Waals surface area (Å²) >= 11 is 0. The van der Waals surface area contributed by atoms with Crippen molar-refractivity contribution in [3.63, 3.8) is 0 Å². The van der Waals surface area contributed by atoms with Gasteiger partial charge in [0.05, 0.1) is 0 Å². The maximum absolute atomic E-state index is 6.16. The SMILES string of the molecule is CCC(N)Cc1cc(C)ccc1N(C)C1CCOCC1. The second kappa shape index (κ2) is 7.09. The van der Waals surface area contributed by atoms with Crippen LogP contribution in [0.3, 0.4) is 0 Å². The van der Waals surface area contributed by atoms with Crippen molar-refractivity contribution in [2.75, 3.05) is 25.2 Å². The zero-order valence-corrected chi connectivity index (χ0v) is 13.1. The minimum atomic E-state index is 0.249. The zero-order chi connectivity index (χ0) is 14.5. The number of nitrogens with zero attached hydrogens (tertiary/aromatic N) is 1. The highest BCUT2D eigenvalue weighted by Gasteiger charge is 2.21. The van der Waals surface area contributed by atoms with Crippen LogP contribution in [0.15, 0.2) is 18.2 Å². The van der Waals surface area contributed by atoms with Gasteiger partial charge in [-0.1, -0.05) is 24.6 Å². The van der Waals surface area contributed by atoms with E-state index in [0.717, 1.165) is 38.9 Å². The van der Waals surface area contributed by atoms with Gasteiger partial charge in [-0.15, -0.1) is 0 Å². The van der Waals surface area contributed by atoms with Crippen LogP contribution >= 0.6 is 0 Å². The highest BCUT2D eigenvalue weighted by Crippen LogP contribution is 2.27. The average Bonchev–Trinajstić information content (AvgIpc) is 2.47. The van der Waals surface area contributed by atoms with Crippen LogP contribution in [0.2, 0.25) is 0 Å². The van der Waals surface area contributed by atoms with Crippen LogP contribution in [0.1, 0.15) is 37.3 Å². The Morgan fingerprint density at radius 3 is 2.70 bits per heavy atom. The lowest BCUT2D eigenvalue weighted by Gasteiger charge is -2.34. The lowest BCUT2D eigenvalue weighted by molar-refractivity contribution is 0.0854.